The van der Waals surface area contributed by atoms with Gasteiger partial charge in [0.2, 0.25) is 0 Å². The second-order valence-electron chi connectivity index (χ2n) is 6.39. The molecule has 1 aromatic heterocycles. The van der Waals surface area contributed by atoms with Crippen molar-refractivity contribution in [1.82, 2.24) is 4.57 Å². The van der Waals surface area contributed by atoms with Crippen LogP contribution in [0.5, 0.6) is 0 Å². The van der Waals surface area contributed by atoms with Crippen molar-refractivity contribution in [2.24, 2.45) is 0 Å². The molecule has 0 bridgehead atoms. The maximum Gasteiger partial charge on any atom is 0.419 e. The van der Waals surface area contributed by atoms with E-state index in [0.717, 1.165) is 16.5 Å². The van der Waals surface area contributed by atoms with Gasteiger partial charge in [-0.25, -0.2) is 4.79 Å². The lowest BCUT2D eigenvalue weighted by Gasteiger charge is -2.19. The number of ether oxygens (including phenoxy) is 1. The van der Waals surface area contributed by atoms with Gasteiger partial charge in [-0.05, 0) is 38.8 Å². The fourth-order valence-electron chi connectivity index (χ4n) is 2.34. The van der Waals surface area contributed by atoms with E-state index in [-0.39, 0.29) is 13.2 Å². The lowest BCUT2D eigenvalue weighted by molar-refractivity contribution is 0.0544. The van der Waals surface area contributed by atoms with Crippen LogP contribution in [0.2, 0.25) is 0 Å². The quantitative estimate of drug-likeness (QED) is 0.908. The number of fused-ring (bicyclic) bond motifs is 1. The number of nitrogens with zero attached hydrogens (tertiary/aromatic N) is 1. The largest absolute Gasteiger partial charge is 0.443 e. The van der Waals surface area contributed by atoms with Crippen LogP contribution in [0.25, 0.3) is 17.0 Å². The minimum absolute atomic E-state index is 0.0307. The molecule has 2 N–H and O–H groups in total. The maximum absolute atomic E-state index is 12.4. The van der Waals surface area contributed by atoms with Gasteiger partial charge in [-0.15, -0.1) is 0 Å². The number of hydrogen-bond donors (Lipinski definition) is 2. The first-order valence-electron chi connectivity index (χ1n) is 7.60. The number of rotatable bonds is 4. The standard InChI is InChI=1S/C18H23NO4/c1-18(2,3)23-17(22)19-11-14(10-13(12-21)8-9-20)15-6-4-5-7-16(15)19/h4-7,10-11,20-21H,8-9,12H2,1-3H3/b13-10+. The Hall–Kier alpha value is -2.11. The third kappa shape index (κ3) is 4.21. The van der Waals surface area contributed by atoms with Crippen LogP contribution in [-0.4, -0.2) is 39.7 Å². The molecule has 0 spiro atoms. The fourth-order valence-corrected chi connectivity index (χ4v) is 2.34. The molecule has 124 valence electrons. The molecule has 0 saturated carbocycles. The average molecular weight is 317 g/mol. The van der Waals surface area contributed by atoms with Crippen molar-refractivity contribution in [3.8, 4) is 0 Å². The summed E-state index contributed by atoms with van der Waals surface area (Å²) in [7, 11) is 0. The SMILES string of the molecule is CC(C)(C)OC(=O)n1cc(/C=C(/CO)CCO)c2ccccc21. The summed E-state index contributed by atoms with van der Waals surface area (Å²) in [4.78, 5) is 12.4. The second kappa shape index (κ2) is 6.98. The third-order valence-corrected chi connectivity index (χ3v) is 3.33. The molecule has 0 aliphatic heterocycles. The Labute approximate surface area is 135 Å². The maximum atomic E-state index is 12.4. The lowest BCUT2D eigenvalue weighted by Crippen LogP contribution is -2.26. The van der Waals surface area contributed by atoms with E-state index in [1.54, 1.807) is 12.3 Å². The third-order valence-electron chi connectivity index (χ3n) is 3.33. The molecular weight excluding hydrogens is 294 g/mol. The van der Waals surface area contributed by atoms with Gasteiger partial charge in [-0.3, -0.25) is 4.57 Å². The molecule has 0 aliphatic carbocycles. The van der Waals surface area contributed by atoms with E-state index in [4.69, 9.17) is 9.84 Å². The van der Waals surface area contributed by atoms with Gasteiger partial charge in [-0.2, -0.15) is 0 Å². The first-order chi connectivity index (χ1) is 10.9. The minimum Gasteiger partial charge on any atom is -0.443 e. The second-order valence-corrected chi connectivity index (χ2v) is 6.39. The van der Waals surface area contributed by atoms with Crippen molar-refractivity contribution in [2.45, 2.75) is 32.8 Å². The molecule has 0 amide bonds. The first-order valence-corrected chi connectivity index (χ1v) is 7.60. The van der Waals surface area contributed by atoms with E-state index < -0.39 is 11.7 Å². The van der Waals surface area contributed by atoms with E-state index in [1.165, 1.54) is 4.57 Å². The minimum atomic E-state index is -0.578. The molecule has 5 heteroatoms. The number of carbonyl (C=O) groups is 1. The first kappa shape index (κ1) is 17.2. The number of aliphatic hydroxyl groups excluding tert-OH is 2. The number of aromatic nitrogens is 1. The van der Waals surface area contributed by atoms with Crippen LogP contribution in [0.4, 0.5) is 4.79 Å². The molecule has 1 heterocycles. The summed E-state index contributed by atoms with van der Waals surface area (Å²) in [5.41, 5.74) is 1.68. The number of aliphatic hydroxyl groups is 2. The molecule has 2 aromatic rings. The van der Waals surface area contributed by atoms with E-state index in [0.29, 0.717) is 12.0 Å². The Bertz CT molecular complexity index is 722. The molecule has 2 rings (SSSR count). The lowest BCUT2D eigenvalue weighted by atomic mass is 10.1. The monoisotopic (exact) mass is 317 g/mol. The highest BCUT2D eigenvalue weighted by molar-refractivity contribution is 5.95. The zero-order valence-electron chi connectivity index (χ0n) is 13.7. The van der Waals surface area contributed by atoms with E-state index >= 15 is 0 Å². The van der Waals surface area contributed by atoms with E-state index in [2.05, 4.69) is 0 Å². The molecular formula is C18H23NO4. The van der Waals surface area contributed by atoms with Gasteiger partial charge in [-0.1, -0.05) is 24.3 Å². The number of hydrogen-bond acceptors (Lipinski definition) is 4. The smallest absolute Gasteiger partial charge is 0.419 e. The van der Waals surface area contributed by atoms with Gasteiger partial charge >= 0.3 is 6.09 Å². The van der Waals surface area contributed by atoms with Crippen LogP contribution in [0.15, 0.2) is 36.0 Å². The van der Waals surface area contributed by atoms with Crippen molar-refractivity contribution in [2.75, 3.05) is 13.2 Å². The Balaban J connectivity index is 2.50. The normalized spacial score (nSPS) is 12.7. The van der Waals surface area contributed by atoms with Gasteiger partial charge in [0, 0.05) is 23.8 Å². The van der Waals surface area contributed by atoms with Crippen molar-refractivity contribution < 1.29 is 19.7 Å². The van der Waals surface area contributed by atoms with Gasteiger partial charge < -0.3 is 14.9 Å². The summed E-state index contributed by atoms with van der Waals surface area (Å²) in [6.07, 6.45) is 3.45. The van der Waals surface area contributed by atoms with Crippen LogP contribution in [-0.2, 0) is 4.74 Å². The fraction of sp³-hybridized carbons (Fsp3) is 0.389. The molecule has 0 atom stereocenters. The summed E-state index contributed by atoms with van der Waals surface area (Å²) in [5.74, 6) is 0. The van der Waals surface area contributed by atoms with Crippen molar-refractivity contribution in [3.63, 3.8) is 0 Å². The summed E-state index contributed by atoms with van der Waals surface area (Å²) >= 11 is 0. The van der Waals surface area contributed by atoms with E-state index in [1.807, 2.05) is 45.0 Å². The molecule has 0 saturated heterocycles. The highest BCUT2D eigenvalue weighted by atomic mass is 16.6. The Kier molecular flexibility index (Phi) is 5.23. The van der Waals surface area contributed by atoms with Gasteiger partial charge in [0.15, 0.2) is 0 Å². The molecule has 5 nitrogen and oxygen atoms in total. The molecule has 1 aromatic carbocycles. The van der Waals surface area contributed by atoms with Gasteiger partial charge in [0.25, 0.3) is 0 Å². The summed E-state index contributed by atoms with van der Waals surface area (Å²) < 4.78 is 6.91. The van der Waals surface area contributed by atoms with Crippen molar-refractivity contribution in [3.05, 3.63) is 41.6 Å². The van der Waals surface area contributed by atoms with Gasteiger partial charge in [0.1, 0.15) is 5.60 Å². The number of carbonyl (C=O) groups excluding carboxylic acids is 1. The molecule has 0 fully saturated rings. The van der Waals surface area contributed by atoms with Crippen LogP contribution >= 0.6 is 0 Å². The molecule has 0 unspecified atom stereocenters. The number of para-hydroxylation sites is 1. The molecule has 0 radical (unpaired) electrons. The van der Waals surface area contributed by atoms with Crippen LogP contribution < -0.4 is 0 Å². The van der Waals surface area contributed by atoms with Crippen molar-refractivity contribution in [1.29, 1.82) is 0 Å². The Morgan fingerprint density at radius 1 is 1.26 bits per heavy atom. The highest BCUT2D eigenvalue weighted by Gasteiger charge is 2.20. The number of benzene rings is 1. The molecule has 23 heavy (non-hydrogen) atoms. The average Bonchev–Trinajstić information content (AvgIpc) is 2.84. The van der Waals surface area contributed by atoms with Gasteiger partial charge in [0.05, 0.1) is 12.1 Å². The van der Waals surface area contributed by atoms with Crippen LogP contribution in [0, 0.1) is 0 Å². The Morgan fingerprint density at radius 2 is 1.96 bits per heavy atom. The zero-order valence-corrected chi connectivity index (χ0v) is 13.7. The van der Waals surface area contributed by atoms with Crippen LogP contribution in [0.3, 0.4) is 0 Å². The molecule has 0 aliphatic rings. The van der Waals surface area contributed by atoms with Crippen LogP contribution in [0.1, 0.15) is 32.8 Å². The summed E-state index contributed by atoms with van der Waals surface area (Å²) in [5, 5.41) is 19.3. The predicted octanol–water partition coefficient (Wildman–Crippen LogP) is 3.18. The summed E-state index contributed by atoms with van der Waals surface area (Å²) in [6, 6.07) is 7.51. The topological polar surface area (TPSA) is 71.7 Å². The predicted molar refractivity (Wildman–Crippen MR) is 90.3 cm³/mol. The summed E-state index contributed by atoms with van der Waals surface area (Å²) in [6.45, 7) is 5.30. The zero-order chi connectivity index (χ0) is 17.0. The van der Waals surface area contributed by atoms with E-state index in [9.17, 15) is 9.90 Å². The Morgan fingerprint density at radius 3 is 2.57 bits per heavy atom. The van der Waals surface area contributed by atoms with Crippen molar-refractivity contribution >= 4 is 23.1 Å². The highest BCUT2D eigenvalue weighted by Crippen LogP contribution is 2.25.